The van der Waals surface area contributed by atoms with E-state index in [0.717, 1.165) is 38.8 Å². The lowest BCUT2D eigenvalue weighted by atomic mass is 10.2. The molecule has 5 nitrogen and oxygen atoms in total. The van der Waals surface area contributed by atoms with Crippen LogP contribution in [0.25, 0.3) is 0 Å². The second-order valence-corrected chi connectivity index (χ2v) is 7.13. The van der Waals surface area contributed by atoms with Crippen molar-refractivity contribution in [2.45, 2.75) is 23.9 Å². The predicted molar refractivity (Wildman–Crippen MR) is 104 cm³/mol. The van der Waals surface area contributed by atoms with Gasteiger partial charge in [-0.25, -0.2) is 0 Å². The molecule has 1 atom stereocenters. The molecule has 1 aromatic heterocycles. The van der Waals surface area contributed by atoms with E-state index in [9.17, 15) is 0 Å². The normalized spacial score (nSPS) is 12.0. The lowest BCUT2D eigenvalue weighted by molar-refractivity contribution is 0.211. The molecule has 0 aliphatic carbocycles. The SMILES string of the molecule is COc1ccc(OC(C)c2nnc(SCc3cccc(Cl)c3)n2C)cc1. The third-order valence-electron chi connectivity index (χ3n) is 3.86. The topological polar surface area (TPSA) is 49.2 Å². The molecule has 0 bridgehead atoms. The molecule has 3 rings (SSSR count). The number of benzene rings is 2. The number of methoxy groups -OCH3 is 1. The summed E-state index contributed by atoms with van der Waals surface area (Å²) in [6.07, 6.45) is -0.221. The first-order valence-corrected chi connectivity index (χ1v) is 9.50. The first kappa shape index (κ1) is 18.6. The maximum absolute atomic E-state index is 6.03. The van der Waals surface area contributed by atoms with Crippen LogP contribution in [0.1, 0.15) is 24.4 Å². The number of halogens is 1. The summed E-state index contributed by atoms with van der Waals surface area (Å²) in [5, 5.41) is 10.2. The van der Waals surface area contributed by atoms with Gasteiger partial charge in [0, 0.05) is 17.8 Å². The van der Waals surface area contributed by atoms with Crippen LogP contribution >= 0.6 is 23.4 Å². The molecule has 0 aliphatic heterocycles. The molecule has 0 spiro atoms. The predicted octanol–water partition coefficient (Wildman–Crippen LogP) is 4.91. The molecule has 0 aliphatic rings. The minimum atomic E-state index is -0.221. The quantitative estimate of drug-likeness (QED) is 0.537. The molecule has 0 saturated carbocycles. The average Bonchev–Trinajstić information content (AvgIpc) is 3.01. The van der Waals surface area contributed by atoms with Crippen molar-refractivity contribution >= 4 is 23.4 Å². The first-order chi connectivity index (χ1) is 12.6. The molecule has 136 valence electrons. The largest absolute Gasteiger partial charge is 0.497 e. The summed E-state index contributed by atoms with van der Waals surface area (Å²) < 4.78 is 13.1. The van der Waals surface area contributed by atoms with E-state index in [1.165, 1.54) is 0 Å². The van der Waals surface area contributed by atoms with Gasteiger partial charge < -0.3 is 14.0 Å². The van der Waals surface area contributed by atoms with Crippen LogP contribution in [-0.4, -0.2) is 21.9 Å². The Morgan fingerprint density at radius 3 is 2.54 bits per heavy atom. The van der Waals surface area contributed by atoms with Gasteiger partial charge in [0.25, 0.3) is 0 Å². The Hall–Kier alpha value is -2.18. The summed E-state index contributed by atoms with van der Waals surface area (Å²) in [5.41, 5.74) is 1.15. The smallest absolute Gasteiger partial charge is 0.191 e. The van der Waals surface area contributed by atoms with Gasteiger partial charge in [-0.05, 0) is 48.9 Å². The number of nitrogens with zero attached hydrogens (tertiary/aromatic N) is 3. The zero-order valence-electron chi connectivity index (χ0n) is 14.8. The molecule has 0 N–H and O–H groups in total. The highest BCUT2D eigenvalue weighted by Gasteiger charge is 2.17. The molecule has 3 aromatic rings. The Morgan fingerprint density at radius 1 is 1.12 bits per heavy atom. The lowest BCUT2D eigenvalue weighted by Crippen LogP contribution is -2.10. The Morgan fingerprint density at radius 2 is 1.85 bits per heavy atom. The number of hydrogen-bond donors (Lipinski definition) is 0. The summed E-state index contributed by atoms with van der Waals surface area (Å²) in [6.45, 7) is 1.96. The molecule has 0 fully saturated rings. The van der Waals surface area contributed by atoms with E-state index < -0.39 is 0 Å². The number of thioether (sulfide) groups is 1. The molecule has 0 saturated heterocycles. The molecule has 0 radical (unpaired) electrons. The van der Waals surface area contributed by atoms with Gasteiger partial charge in [-0.1, -0.05) is 35.5 Å². The van der Waals surface area contributed by atoms with E-state index in [-0.39, 0.29) is 6.10 Å². The van der Waals surface area contributed by atoms with Gasteiger partial charge in [0.05, 0.1) is 7.11 Å². The molecule has 2 aromatic carbocycles. The van der Waals surface area contributed by atoms with Gasteiger partial charge >= 0.3 is 0 Å². The van der Waals surface area contributed by atoms with Gasteiger partial charge in [0.1, 0.15) is 11.5 Å². The highest BCUT2D eigenvalue weighted by atomic mass is 35.5. The van der Waals surface area contributed by atoms with E-state index in [1.54, 1.807) is 18.9 Å². The highest BCUT2D eigenvalue weighted by molar-refractivity contribution is 7.98. The van der Waals surface area contributed by atoms with E-state index >= 15 is 0 Å². The fourth-order valence-corrected chi connectivity index (χ4v) is 3.57. The van der Waals surface area contributed by atoms with Gasteiger partial charge in [0.2, 0.25) is 0 Å². The van der Waals surface area contributed by atoms with Crippen molar-refractivity contribution in [3.05, 3.63) is 64.9 Å². The monoisotopic (exact) mass is 389 g/mol. The minimum Gasteiger partial charge on any atom is -0.497 e. The number of hydrogen-bond acceptors (Lipinski definition) is 5. The Bertz CT molecular complexity index is 867. The Kier molecular flexibility index (Phi) is 6.06. The fourth-order valence-electron chi connectivity index (χ4n) is 2.49. The van der Waals surface area contributed by atoms with Crippen molar-refractivity contribution in [2.24, 2.45) is 7.05 Å². The zero-order chi connectivity index (χ0) is 18.5. The molecule has 1 heterocycles. The van der Waals surface area contributed by atoms with Crippen molar-refractivity contribution < 1.29 is 9.47 Å². The van der Waals surface area contributed by atoms with Crippen LogP contribution in [0.3, 0.4) is 0 Å². The van der Waals surface area contributed by atoms with E-state index in [4.69, 9.17) is 21.1 Å². The molecule has 0 amide bonds. The summed E-state index contributed by atoms with van der Waals surface area (Å²) in [4.78, 5) is 0. The van der Waals surface area contributed by atoms with Crippen LogP contribution in [0.5, 0.6) is 11.5 Å². The molecule has 1 unspecified atom stereocenters. The van der Waals surface area contributed by atoms with Crippen LogP contribution < -0.4 is 9.47 Å². The Labute approximate surface area is 162 Å². The van der Waals surface area contributed by atoms with Crippen molar-refractivity contribution in [2.75, 3.05) is 7.11 Å². The van der Waals surface area contributed by atoms with Crippen LogP contribution in [0, 0.1) is 0 Å². The maximum atomic E-state index is 6.03. The highest BCUT2D eigenvalue weighted by Crippen LogP contribution is 2.27. The fraction of sp³-hybridized carbons (Fsp3) is 0.263. The van der Waals surface area contributed by atoms with E-state index in [0.29, 0.717) is 0 Å². The van der Waals surface area contributed by atoms with Crippen molar-refractivity contribution in [3.8, 4) is 11.5 Å². The molecular formula is C19H20ClN3O2S. The van der Waals surface area contributed by atoms with Gasteiger partial charge in [0.15, 0.2) is 17.1 Å². The Balaban J connectivity index is 1.65. The van der Waals surface area contributed by atoms with Gasteiger partial charge in [-0.15, -0.1) is 10.2 Å². The average molecular weight is 390 g/mol. The van der Waals surface area contributed by atoms with Crippen molar-refractivity contribution in [3.63, 3.8) is 0 Å². The summed E-state index contributed by atoms with van der Waals surface area (Å²) in [6, 6.07) is 15.3. The van der Waals surface area contributed by atoms with Crippen LogP contribution in [0.4, 0.5) is 0 Å². The molecular weight excluding hydrogens is 370 g/mol. The minimum absolute atomic E-state index is 0.221. The van der Waals surface area contributed by atoms with Crippen LogP contribution in [0.15, 0.2) is 53.7 Å². The summed E-state index contributed by atoms with van der Waals surface area (Å²) in [7, 11) is 3.59. The van der Waals surface area contributed by atoms with Crippen LogP contribution in [-0.2, 0) is 12.8 Å². The third kappa shape index (κ3) is 4.51. The van der Waals surface area contributed by atoms with Crippen LogP contribution in [0.2, 0.25) is 5.02 Å². The number of aromatic nitrogens is 3. The van der Waals surface area contributed by atoms with E-state index in [1.807, 2.05) is 67.1 Å². The standard InChI is InChI=1S/C19H20ClN3O2S/c1-13(25-17-9-7-16(24-3)8-10-17)18-21-22-19(23(18)2)26-12-14-5-4-6-15(20)11-14/h4-11,13H,12H2,1-3H3. The molecule has 26 heavy (non-hydrogen) atoms. The summed E-state index contributed by atoms with van der Waals surface area (Å²) in [5.74, 6) is 3.10. The van der Waals surface area contributed by atoms with Crippen molar-refractivity contribution in [1.29, 1.82) is 0 Å². The van der Waals surface area contributed by atoms with Gasteiger partial charge in [-0.3, -0.25) is 0 Å². The van der Waals surface area contributed by atoms with Crippen molar-refractivity contribution in [1.82, 2.24) is 14.8 Å². The maximum Gasteiger partial charge on any atom is 0.191 e. The summed E-state index contributed by atoms with van der Waals surface area (Å²) >= 11 is 7.65. The third-order valence-corrected chi connectivity index (χ3v) is 5.19. The van der Waals surface area contributed by atoms with E-state index in [2.05, 4.69) is 10.2 Å². The number of rotatable bonds is 7. The van der Waals surface area contributed by atoms with Gasteiger partial charge in [-0.2, -0.15) is 0 Å². The first-order valence-electron chi connectivity index (χ1n) is 8.14. The number of ether oxygens (including phenoxy) is 2. The molecule has 7 heteroatoms. The second-order valence-electron chi connectivity index (χ2n) is 5.75. The zero-order valence-corrected chi connectivity index (χ0v) is 16.4. The lowest BCUT2D eigenvalue weighted by Gasteiger charge is -2.14. The second kappa shape index (κ2) is 8.47.